The first-order chi connectivity index (χ1) is 17.4. The van der Waals surface area contributed by atoms with Crippen LogP contribution in [0, 0.1) is 5.82 Å². The minimum Gasteiger partial charge on any atom is -0.380 e. The summed E-state index contributed by atoms with van der Waals surface area (Å²) in [4.78, 5) is 41.6. The molecule has 2 aliphatic heterocycles. The number of morpholine rings is 2. The third kappa shape index (κ3) is 4.84. The van der Waals surface area contributed by atoms with Crippen molar-refractivity contribution in [2.45, 2.75) is 31.5 Å². The lowest BCUT2D eigenvalue weighted by Crippen LogP contribution is -2.55. The first-order valence-electron chi connectivity index (χ1n) is 12.1. The number of halogens is 1. The SMILES string of the molecule is O=C(Nc1ccc2c(c1)CCC2)[C@H](O)[C@H]1OCCN(c2ccc(F)c(C(=O)N3CCOCC3)c2)C1=O. The zero-order valence-corrected chi connectivity index (χ0v) is 19.7. The number of fused-ring (bicyclic) bond motifs is 1. The maximum atomic E-state index is 14.5. The van der Waals surface area contributed by atoms with Crippen molar-refractivity contribution in [2.24, 2.45) is 0 Å². The topological polar surface area (TPSA) is 108 Å². The number of aliphatic hydroxyl groups excluding tert-OH is 1. The molecule has 190 valence electrons. The Morgan fingerprint density at radius 2 is 1.81 bits per heavy atom. The molecular formula is C26H28FN3O6. The van der Waals surface area contributed by atoms with E-state index in [0.717, 1.165) is 30.9 Å². The summed E-state index contributed by atoms with van der Waals surface area (Å²) in [5.41, 5.74) is 3.10. The van der Waals surface area contributed by atoms with Gasteiger partial charge in [-0.2, -0.15) is 0 Å². The van der Waals surface area contributed by atoms with Crippen LogP contribution < -0.4 is 10.2 Å². The Labute approximate surface area is 207 Å². The molecule has 2 aromatic rings. The van der Waals surface area contributed by atoms with Crippen LogP contribution in [-0.2, 0) is 31.9 Å². The van der Waals surface area contributed by atoms with Crippen LogP contribution in [0.25, 0.3) is 0 Å². The predicted octanol–water partition coefficient (Wildman–Crippen LogP) is 1.52. The number of ether oxygens (including phenoxy) is 2. The van der Waals surface area contributed by atoms with Gasteiger partial charge in [0.25, 0.3) is 17.7 Å². The quantitative estimate of drug-likeness (QED) is 0.649. The fourth-order valence-corrected chi connectivity index (χ4v) is 4.87. The van der Waals surface area contributed by atoms with Crippen molar-refractivity contribution in [2.75, 3.05) is 49.7 Å². The highest BCUT2D eigenvalue weighted by molar-refractivity contribution is 6.04. The Bertz CT molecular complexity index is 1180. The Morgan fingerprint density at radius 1 is 1.03 bits per heavy atom. The number of amides is 3. The summed E-state index contributed by atoms with van der Waals surface area (Å²) in [7, 11) is 0. The summed E-state index contributed by atoms with van der Waals surface area (Å²) in [5.74, 6) is -2.57. The number of nitrogens with zero attached hydrogens (tertiary/aromatic N) is 2. The first-order valence-corrected chi connectivity index (χ1v) is 12.1. The van der Waals surface area contributed by atoms with Gasteiger partial charge in [-0.1, -0.05) is 6.07 Å². The van der Waals surface area contributed by atoms with Crippen LogP contribution in [0.2, 0.25) is 0 Å². The molecule has 36 heavy (non-hydrogen) atoms. The minimum absolute atomic E-state index is 0.0592. The van der Waals surface area contributed by atoms with Gasteiger partial charge in [-0.15, -0.1) is 0 Å². The Morgan fingerprint density at radius 3 is 2.61 bits per heavy atom. The van der Waals surface area contributed by atoms with E-state index < -0.39 is 35.7 Å². The number of hydrogen-bond acceptors (Lipinski definition) is 6. The lowest BCUT2D eigenvalue weighted by Gasteiger charge is -2.34. The van der Waals surface area contributed by atoms with Crippen LogP contribution in [0.3, 0.4) is 0 Å². The van der Waals surface area contributed by atoms with Gasteiger partial charge in [-0.05, 0) is 60.7 Å². The summed E-state index contributed by atoms with van der Waals surface area (Å²) in [6.45, 7) is 1.65. The van der Waals surface area contributed by atoms with Gasteiger partial charge in [0.2, 0.25) is 0 Å². The van der Waals surface area contributed by atoms with E-state index in [2.05, 4.69) is 5.32 Å². The zero-order chi connectivity index (χ0) is 25.2. The van der Waals surface area contributed by atoms with Crippen molar-refractivity contribution in [1.29, 1.82) is 0 Å². The van der Waals surface area contributed by atoms with E-state index in [-0.39, 0.29) is 24.4 Å². The second kappa shape index (κ2) is 10.3. The molecule has 3 amide bonds. The molecule has 0 aromatic heterocycles. The molecular weight excluding hydrogens is 469 g/mol. The molecule has 2 N–H and O–H groups in total. The van der Waals surface area contributed by atoms with Crippen molar-refractivity contribution in [3.8, 4) is 0 Å². The molecule has 2 saturated heterocycles. The summed E-state index contributed by atoms with van der Waals surface area (Å²) in [6.07, 6.45) is -0.164. The van der Waals surface area contributed by atoms with E-state index in [1.165, 1.54) is 27.5 Å². The summed E-state index contributed by atoms with van der Waals surface area (Å²) in [5, 5.41) is 13.3. The van der Waals surface area contributed by atoms with Crippen molar-refractivity contribution < 1.29 is 33.4 Å². The highest BCUT2D eigenvalue weighted by atomic mass is 19.1. The van der Waals surface area contributed by atoms with Crippen LogP contribution >= 0.6 is 0 Å². The highest BCUT2D eigenvalue weighted by Gasteiger charge is 2.39. The average molecular weight is 498 g/mol. The number of carbonyl (C=O) groups excluding carboxylic acids is 3. The van der Waals surface area contributed by atoms with E-state index in [0.29, 0.717) is 32.0 Å². The number of benzene rings is 2. The van der Waals surface area contributed by atoms with Gasteiger partial charge in [0.05, 0.1) is 25.4 Å². The number of carbonyl (C=O) groups is 3. The maximum absolute atomic E-state index is 14.5. The first kappa shape index (κ1) is 24.4. The molecule has 3 aliphatic rings. The normalized spacial score (nSPS) is 20.7. The molecule has 0 bridgehead atoms. The van der Waals surface area contributed by atoms with Crippen molar-refractivity contribution in [3.05, 3.63) is 58.9 Å². The van der Waals surface area contributed by atoms with Gasteiger partial charge in [0.1, 0.15) is 5.82 Å². The molecule has 0 unspecified atom stereocenters. The van der Waals surface area contributed by atoms with Gasteiger partial charge in [-0.25, -0.2) is 4.39 Å². The second-order valence-electron chi connectivity index (χ2n) is 9.12. The number of hydrogen-bond donors (Lipinski definition) is 2. The second-order valence-corrected chi connectivity index (χ2v) is 9.12. The third-order valence-electron chi connectivity index (χ3n) is 6.83. The Hall–Kier alpha value is -3.34. The summed E-state index contributed by atoms with van der Waals surface area (Å²) < 4.78 is 25.3. The monoisotopic (exact) mass is 497 g/mol. The third-order valence-corrected chi connectivity index (χ3v) is 6.83. The molecule has 10 heteroatoms. The molecule has 0 radical (unpaired) electrons. The van der Waals surface area contributed by atoms with Crippen molar-refractivity contribution in [1.82, 2.24) is 4.90 Å². The maximum Gasteiger partial charge on any atom is 0.259 e. The van der Waals surface area contributed by atoms with E-state index in [1.807, 2.05) is 12.1 Å². The molecule has 0 spiro atoms. The van der Waals surface area contributed by atoms with Crippen LogP contribution in [-0.4, -0.2) is 79.4 Å². The Kier molecular flexibility index (Phi) is 6.99. The predicted molar refractivity (Wildman–Crippen MR) is 128 cm³/mol. The minimum atomic E-state index is -1.75. The summed E-state index contributed by atoms with van der Waals surface area (Å²) >= 11 is 0. The van der Waals surface area contributed by atoms with Crippen LogP contribution in [0.1, 0.15) is 27.9 Å². The lowest BCUT2D eigenvalue weighted by molar-refractivity contribution is -0.150. The van der Waals surface area contributed by atoms with Gasteiger partial charge in [-0.3, -0.25) is 14.4 Å². The van der Waals surface area contributed by atoms with Crippen molar-refractivity contribution >= 4 is 29.1 Å². The van der Waals surface area contributed by atoms with E-state index in [4.69, 9.17) is 9.47 Å². The number of nitrogens with one attached hydrogen (secondary N) is 1. The molecule has 2 fully saturated rings. The van der Waals surface area contributed by atoms with Crippen LogP contribution in [0.4, 0.5) is 15.8 Å². The Balaban J connectivity index is 1.30. The fraction of sp³-hybridized carbons (Fsp3) is 0.423. The van der Waals surface area contributed by atoms with Gasteiger partial charge in [0.15, 0.2) is 12.2 Å². The lowest BCUT2D eigenvalue weighted by atomic mass is 10.1. The molecule has 9 nitrogen and oxygen atoms in total. The molecule has 1 aliphatic carbocycles. The highest BCUT2D eigenvalue weighted by Crippen LogP contribution is 2.27. The molecule has 2 heterocycles. The smallest absolute Gasteiger partial charge is 0.259 e. The van der Waals surface area contributed by atoms with Crippen molar-refractivity contribution in [3.63, 3.8) is 0 Å². The number of aliphatic hydroxyl groups is 1. The molecule has 5 rings (SSSR count). The van der Waals surface area contributed by atoms with Gasteiger partial charge < -0.3 is 29.7 Å². The van der Waals surface area contributed by atoms with E-state index in [9.17, 15) is 23.9 Å². The summed E-state index contributed by atoms with van der Waals surface area (Å²) in [6, 6.07) is 9.47. The molecule has 0 saturated carbocycles. The van der Waals surface area contributed by atoms with Gasteiger partial charge >= 0.3 is 0 Å². The molecule has 2 aromatic carbocycles. The fourth-order valence-electron chi connectivity index (χ4n) is 4.87. The largest absolute Gasteiger partial charge is 0.380 e. The van der Waals surface area contributed by atoms with E-state index >= 15 is 0 Å². The number of rotatable bonds is 5. The standard InChI is InChI=1S/C26H28FN3O6/c27-21-7-6-19(15-20(21)25(33)29-8-11-35-12-9-29)30-10-13-36-23(26(30)34)22(31)24(32)28-18-5-4-16-2-1-3-17(16)14-18/h4-7,14-15,22-23,31H,1-3,8-13H2,(H,28,32)/t22-,23-/m1/s1. The van der Waals surface area contributed by atoms with Crippen LogP contribution in [0.15, 0.2) is 36.4 Å². The number of anilines is 2. The average Bonchev–Trinajstić information content (AvgIpc) is 3.37. The number of aryl methyl sites for hydroxylation is 2. The van der Waals surface area contributed by atoms with Crippen LogP contribution in [0.5, 0.6) is 0 Å². The zero-order valence-electron chi connectivity index (χ0n) is 19.7. The molecule has 2 atom stereocenters. The van der Waals surface area contributed by atoms with E-state index in [1.54, 1.807) is 6.07 Å². The van der Waals surface area contributed by atoms with Gasteiger partial charge in [0, 0.05) is 31.0 Å².